The Morgan fingerprint density at radius 3 is 2.55 bits per heavy atom. The molecule has 0 heterocycles. The van der Waals surface area contributed by atoms with Crippen LogP contribution in [-0.4, -0.2) is 30.2 Å². The molecule has 0 radical (unpaired) electrons. The largest absolute Gasteiger partial charge is 0.269 e. The second kappa shape index (κ2) is 5.61. The Hall–Kier alpha value is -1.91. The molecular formula is C13H16N2O4S. The standard InChI is InChI=1S/C13H16N2O4S/c1-5-13(2,3)14(4)20(18,19)10-11-7-6-8-12(9-11)15(16)17/h1,6-9H,10H2,2-4H3. The maximum absolute atomic E-state index is 12.2. The Bertz CT molecular complexity index is 659. The lowest BCUT2D eigenvalue weighted by atomic mass is 10.1. The molecule has 0 spiro atoms. The topological polar surface area (TPSA) is 80.5 Å². The van der Waals surface area contributed by atoms with Gasteiger partial charge in [0.2, 0.25) is 10.0 Å². The predicted molar refractivity (Wildman–Crippen MR) is 76.4 cm³/mol. The first kappa shape index (κ1) is 16.1. The van der Waals surface area contributed by atoms with E-state index in [1.54, 1.807) is 13.8 Å². The molecule has 0 bridgehead atoms. The van der Waals surface area contributed by atoms with Crippen molar-refractivity contribution in [2.24, 2.45) is 0 Å². The zero-order chi connectivity index (χ0) is 15.6. The van der Waals surface area contributed by atoms with E-state index in [9.17, 15) is 18.5 Å². The Morgan fingerprint density at radius 2 is 2.05 bits per heavy atom. The zero-order valence-corrected chi connectivity index (χ0v) is 12.3. The predicted octanol–water partition coefficient (Wildman–Crippen LogP) is 1.77. The van der Waals surface area contributed by atoms with Gasteiger partial charge in [-0.1, -0.05) is 18.1 Å². The highest BCUT2D eigenvalue weighted by Gasteiger charge is 2.31. The van der Waals surface area contributed by atoms with Crippen molar-refractivity contribution in [1.82, 2.24) is 4.31 Å². The van der Waals surface area contributed by atoms with E-state index >= 15 is 0 Å². The Morgan fingerprint density at radius 1 is 1.45 bits per heavy atom. The summed E-state index contributed by atoms with van der Waals surface area (Å²) < 4.78 is 25.6. The molecule has 0 unspecified atom stereocenters. The summed E-state index contributed by atoms with van der Waals surface area (Å²) in [5, 5.41) is 10.7. The van der Waals surface area contributed by atoms with Gasteiger partial charge in [-0.25, -0.2) is 8.42 Å². The SMILES string of the molecule is C#CC(C)(C)N(C)S(=O)(=O)Cc1cccc([N+](=O)[O-])c1. The average molecular weight is 296 g/mol. The molecule has 0 aliphatic heterocycles. The lowest BCUT2D eigenvalue weighted by Crippen LogP contribution is -2.44. The Labute approximate surface area is 118 Å². The van der Waals surface area contributed by atoms with Crippen LogP contribution in [0.2, 0.25) is 0 Å². The first-order valence-electron chi connectivity index (χ1n) is 5.78. The highest BCUT2D eigenvalue weighted by molar-refractivity contribution is 7.88. The summed E-state index contributed by atoms with van der Waals surface area (Å²) in [4.78, 5) is 10.1. The Kier molecular flexibility index (Phi) is 4.53. The van der Waals surface area contributed by atoms with Crippen LogP contribution in [0.5, 0.6) is 0 Å². The van der Waals surface area contributed by atoms with Gasteiger partial charge in [-0.2, -0.15) is 4.31 Å². The molecule has 7 heteroatoms. The first-order valence-corrected chi connectivity index (χ1v) is 7.39. The minimum Gasteiger partial charge on any atom is -0.258 e. The van der Waals surface area contributed by atoms with Crippen molar-refractivity contribution in [2.45, 2.75) is 25.1 Å². The number of nitro groups is 1. The van der Waals surface area contributed by atoms with Crippen LogP contribution in [0.3, 0.4) is 0 Å². The number of non-ortho nitro benzene ring substituents is 1. The zero-order valence-electron chi connectivity index (χ0n) is 11.5. The molecule has 0 saturated heterocycles. The van der Waals surface area contributed by atoms with Gasteiger partial charge in [0.25, 0.3) is 5.69 Å². The van der Waals surface area contributed by atoms with Crippen LogP contribution < -0.4 is 0 Å². The van der Waals surface area contributed by atoms with Crippen LogP contribution in [-0.2, 0) is 15.8 Å². The van der Waals surface area contributed by atoms with E-state index in [-0.39, 0.29) is 11.4 Å². The van der Waals surface area contributed by atoms with Crippen LogP contribution in [0.4, 0.5) is 5.69 Å². The van der Waals surface area contributed by atoms with Crippen molar-refractivity contribution in [1.29, 1.82) is 0 Å². The fourth-order valence-corrected chi connectivity index (χ4v) is 3.05. The number of sulfonamides is 1. The molecule has 1 aromatic carbocycles. The summed E-state index contributed by atoms with van der Waals surface area (Å²) in [6.07, 6.45) is 5.32. The van der Waals surface area contributed by atoms with Gasteiger partial charge >= 0.3 is 0 Å². The van der Waals surface area contributed by atoms with Crippen molar-refractivity contribution in [2.75, 3.05) is 7.05 Å². The molecule has 0 N–H and O–H groups in total. The monoisotopic (exact) mass is 296 g/mol. The summed E-state index contributed by atoms with van der Waals surface area (Å²) in [5.41, 5.74) is -0.755. The fourth-order valence-electron chi connectivity index (χ4n) is 1.51. The fraction of sp³-hybridized carbons (Fsp3) is 0.385. The number of terminal acetylenes is 1. The summed E-state index contributed by atoms with van der Waals surface area (Å²) in [6, 6.07) is 5.54. The average Bonchev–Trinajstić information content (AvgIpc) is 2.37. The third kappa shape index (κ3) is 3.56. The second-order valence-electron chi connectivity index (χ2n) is 4.85. The number of hydrogen-bond donors (Lipinski definition) is 0. The molecule has 20 heavy (non-hydrogen) atoms. The van der Waals surface area contributed by atoms with Crippen molar-refractivity contribution in [3.05, 3.63) is 39.9 Å². The van der Waals surface area contributed by atoms with Crippen LogP contribution >= 0.6 is 0 Å². The molecular weight excluding hydrogens is 280 g/mol. The second-order valence-corrected chi connectivity index (χ2v) is 6.85. The summed E-state index contributed by atoms with van der Waals surface area (Å²) >= 11 is 0. The van der Waals surface area contributed by atoms with E-state index < -0.39 is 20.5 Å². The first-order chi connectivity index (χ1) is 9.10. The van der Waals surface area contributed by atoms with E-state index in [0.717, 1.165) is 4.31 Å². The van der Waals surface area contributed by atoms with Crippen LogP contribution in [0.15, 0.2) is 24.3 Å². The number of nitrogens with zero attached hydrogens (tertiary/aromatic N) is 2. The molecule has 0 aromatic heterocycles. The van der Waals surface area contributed by atoms with E-state index in [1.165, 1.54) is 31.3 Å². The lowest BCUT2D eigenvalue weighted by molar-refractivity contribution is -0.384. The number of nitro benzene ring substituents is 1. The molecule has 0 atom stereocenters. The maximum atomic E-state index is 12.2. The van der Waals surface area contributed by atoms with Gasteiger partial charge in [0.1, 0.15) is 0 Å². The minimum absolute atomic E-state index is 0.142. The number of hydrogen-bond acceptors (Lipinski definition) is 4. The molecule has 108 valence electrons. The van der Waals surface area contributed by atoms with Gasteiger partial charge in [0.05, 0.1) is 16.2 Å². The highest BCUT2D eigenvalue weighted by atomic mass is 32.2. The lowest BCUT2D eigenvalue weighted by Gasteiger charge is -2.29. The van der Waals surface area contributed by atoms with Crippen molar-refractivity contribution in [3.8, 4) is 12.3 Å². The van der Waals surface area contributed by atoms with Gasteiger partial charge < -0.3 is 0 Å². The quantitative estimate of drug-likeness (QED) is 0.471. The summed E-state index contributed by atoms with van der Waals surface area (Å²) in [6.45, 7) is 3.22. The molecule has 0 aliphatic rings. The van der Waals surface area contributed by atoms with Crippen LogP contribution in [0.1, 0.15) is 19.4 Å². The van der Waals surface area contributed by atoms with Gasteiger partial charge in [-0.05, 0) is 19.4 Å². The van der Waals surface area contributed by atoms with Crippen molar-refractivity contribution < 1.29 is 13.3 Å². The minimum atomic E-state index is -3.66. The molecule has 0 fully saturated rings. The summed E-state index contributed by atoms with van der Waals surface area (Å²) in [5.74, 6) is 2.06. The molecule has 0 amide bonds. The van der Waals surface area contributed by atoms with E-state index in [4.69, 9.17) is 6.42 Å². The van der Waals surface area contributed by atoms with Gasteiger partial charge in [-0.15, -0.1) is 6.42 Å². The van der Waals surface area contributed by atoms with E-state index in [0.29, 0.717) is 5.56 Å². The van der Waals surface area contributed by atoms with E-state index in [2.05, 4.69) is 5.92 Å². The normalized spacial score (nSPS) is 12.2. The molecule has 0 saturated carbocycles. The molecule has 1 aromatic rings. The van der Waals surface area contributed by atoms with Crippen molar-refractivity contribution in [3.63, 3.8) is 0 Å². The Balaban J connectivity index is 3.07. The van der Waals surface area contributed by atoms with Crippen molar-refractivity contribution >= 4 is 15.7 Å². The summed E-state index contributed by atoms with van der Waals surface area (Å²) in [7, 11) is -2.26. The smallest absolute Gasteiger partial charge is 0.258 e. The number of rotatable bonds is 5. The molecule has 0 aliphatic carbocycles. The maximum Gasteiger partial charge on any atom is 0.269 e. The molecule has 6 nitrogen and oxygen atoms in total. The highest BCUT2D eigenvalue weighted by Crippen LogP contribution is 2.21. The number of benzene rings is 1. The molecule has 1 rings (SSSR count). The van der Waals surface area contributed by atoms with Gasteiger partial charge in [-0.3, -0.25) is 10.1 Å². The third-order valence-electron chi connectivity index (χ3n) is 3.03. The van der Waals surface area contributed by atoms with Gasteiger partial charge in [0.15, 0.2) is 0 Å². The van der Waals surface area contributed by atoms with Crippen LogP contribution in [0.25, 0.3) is 0 Å². The van der Waals surface area contributed by atoms with E-state index in [1.807, 2.05) is 0 Å². The van der Waals surface area contributed by atoms with Gasteiger partial charge in [0, 0.05) is 19.2 Å². The van der Waals surface area contributed by atoms with Crippen LogP contribution in [0, 0.1) is 22.5 Å². The third-order valence-corrected chi connectivity index (χ3v) is 5.02.